The molecule has 2 aromatic rings. The van der Waals surface area contributed by atoms with Crippen molar-refractivity contribution in [3.8, 4) is 5.75 Å². The Morgan fingerprint density at radius 1 is 0.857 bits per heavy atom. The molecule has 0 saturated carbocycles. The third kappa shape index (κ3) is 6.44. The highest BCUT2D eigenvalue weighted by Crippen LogP contribution is 2.17. The topological polar surface area (TPSA) is 45.2 Å². The molecular weight excluding hydrogens is 366 g/mol. The number of aliphatic hydroxyl groups is 1. The minimum Gasteiger partial charge on any atom is -0.491 e. The van der Waals surface area contributed by atoms with Crippen LogP contribution in [0.4, 0.5) is 14.5 Å². The van der Waals surface area contributed by atoms with Gasteiger partial charge in [-0.3, -0.25) is 4.90 Å². The number of hydrogen-bond donors (Lipinski definition) is 1. The Morgan fingerprint density at radius 3 is 2.11 bits per heavy atom. The van der Waals surface area contributed by atoms with Gasteiger partial charge in [-0.1, -0.05) is 0 Å². The molecule has 0 spiro atoms. The summed E-state index contributed by atoms with van der Waals surface area (Å²) in [5.74, 6) is 0.0587. The van der Waals surface area contributed by atoms with E-state index in [4.69, 9.17) is 9.47 Å². The first-order valence-corrected chi connectivity index (χ1v) is 9.47. The first kappa shape index (κ1) is 20.5. The number of halogens is 2. The number of piperazine rings is 1. The monoisotopic (exact) mass is 392 g/mol. The highest BCUT2D eigenvalue weighted by atomic mass is 19.1. The number of hydrogen-bond acceptors (Lipinski definition) is 5. The zero-order chi connectivity index (χ0) is 19.8. The second-order valence-corrected chi connectivity index (χ2v) is 6.80. The third-order valence-corrected chi connectivity index (χ3v) is 4.65. The van der Waals surface area contributed by atoms with Crippen molar-refractivity contribution in [1.29, 1.82) is 0 Å². The predicted molar refractivity (Wildman–Crippen MR) is 104 cm³/mol. The molecule has 0 aromatic heterocycles. The van der Waals surface area contributed by atoms with Gasteiger partial charge in [0.15, 0.2) is 0 Å². The van der Waals surface area contributed by atoms with Gasteiger partial charge in [-0.25, -0.2) is 8.78 Å². The summed E-state index contributed by atoms with van der Waals surface area (Å²) in [5.41, 5.74) is 1.02. The minimum atomic E-state index is -0.566. The Bertz CT molecular complexity index is 705. The molecule has 1 atom stereocenters. The van der Waals surface area contributed by atoms with Crippen molar-refractivity contribution in [3.05, 3.63) is 60.2 Å². The summed E-state index contributed by atoms with van der Waals surface area (Å²) in [5, 5.41) is 10.2. The van der Waals surface area contributed by atoms with Crippen molar-refractivity contribution in [2.75, 3.05) is 57.4 Å². The number of ether oxygens (including phenoxy) is 2. The van der Waals surface area contributed by atoms with Gasteiger partial charge in [0.05, 0.1) is 19.3 Å². The van der Waals surface area contributed by atoms with Gasteiger partial charge in [0.1, 0.15) is 24.0 Å². The number of benzene rings is 2. The fourth-order valence-electron chi connectivity index (χ4n) is 3.16. The van der Waals surface area contributed by atoms with Gasteiger partial charge in [0.2, 0.25) is 0 Å². The highest BCUT2D eigenvalue weighted by molar-refractivity contribution is 5.46. The summed E-state index contributed by atoms with van der Waals surface area (Å²) in [7, 11) is 0. The smallest absolute Gasteiger partial charge is 0.123 e. The molecule has 1 N–H and O–H groups in total. The van der Waals surface area contributed by atoms with E-state index in [0.717, 1.165) is 31.9 Å². The maximum Gasteiger partial charge on any atom is 0.123 e. The van der Waals surface area contributed by atoms with Crippen LogP contribution in [0.15, 0.2) is 48.5 Å². The maximum atomic E-state index is 13.0. The Labute approximate surface area is 164 Å². The summed E-state index contributed by atoms with van der Waals surface area (Å²) in [6.07, 6.45) is -0.566. The molecule has 2 aromatic carbocycles. The number of rotatable bonds is 9. The predicted octanol–water partition coefficient (Wildman–Crippen LogP) is 2.54. The first-order chi connectivity index (χ1) is 13.6. The second kappa shape index (κ2) is 10.4. The van der Waals surface area contributed by atoms with Gasteiger partial charge in [0.25, 0.3) is 0 Å². The molecule has 1 heterocycles. The SMILES string of the molecule is O[C@@H](COCCOc1ccc(F)cc1)CN1CCN(c2ccc(F)cc2)CC1. The summed E-state index contributed by atoms with van der Waals surface area (Å²) in [6.45, 7) is 4.84. The van der Waals surface area contributed by atoms with Crippen molar-refractivity contribution < 1.29 is 23.4 Å². The largest absolute Gasteiger partial charge is 0.491 e. The molecule has 0 aliphatic carbocycles. The average molecular weight is 392 g/mol. The number of anilines is 1. The zero-order valence-electron chi connectivity index (χ0n) is 15.8. The van der Waals surface area contributed by atoms with Gasteiger partial charge >= 0.3 is 0 Å². The van der Waals surface area contributed by atoms with Crippen molar-refractivity contribution >= 4 is 5.69 Å². The highest BCUT2D eigenvalue weighted by Gasteiger charge is 2.19. The molecule has 1 saturated heterocycles. The fraction of sp³-hybridized carbons (Fsp3) is 0.429. The lowest BCUT2D eigenvalue weighted by Gasteiger charge is -2.36. The van der Waals surface area contributed by atoms with E-state index in [9.17, 15) is 13.9 Å². The minimum absolute atomic E-state index is 0.228. The summed E-state index contributed by atoms with van der Waals surface area (Å²) in [6, 6.07) is 12.4. The second-order valence-electron chi connectivity index (χ2n) is 6.80. The van der Waals surface area contributed by atoms with E-state index in [-0.39, 0.29) is 18.2 Å². The van der Waals surface area contributed by atoms with Crippen molar-refractivity contribution in [2.24, 2.45) is 0 Å². The molecule has 0 amide bonds. The normalized spacial score (nSPS) is 16.2. The lowest BCUT2D eigenvalue weighted by molar-refractivity contribution is 0.00717. The summed E-state index contributed by atoms with van der Waals surface area (Å²) < 4.78 is 36.7. The van der Waals surface area contributed by atoms with Gasteiger partial charge in [0, 0.05) is 38.4 Å². The Balaban J connectivity index is 1.27. The van der Waals surface area contributed by atoms with E-state index in [1.165, 1.54) is 24.3 Å². The van der Waals surface area contributed by atoms with E-state index in [0.29, 0.717) is 25.5 Å². The molecule has 152 valence electrons. The van der Waals surface area contributed by atoms with Crippen LogP contribution in [0.2, 0.25) is 0 Å². The molecule has 0 bridgehead atoms. The molecule has 1 aliphatic heterocycles. The van der Waals surface area contributed by atoms with E-state index < -0.39 is 6.10 Å². The standard InChI is InChI=1S/C21H26F2N2O3/c22-17-1-5-19(6-2-17)25-11-9-24(10-12-25)15-20(26)16-27-13-14-28-21-7-3-18(23)4-8-21/h1-8,20,26H,9-16H2/t20-/m1/s1. The lowest BCUT2D eigenvalue weighted by Crippen LogP contribution is -2.49. The van der Waals surface area contributed by atoms with E-state index in [1.807, 2.05) is 0 Å². The van der Waals surface area contributed by atoms with Crippen LogP contribution in [0.1, 0.15) is 0 Å². The molecule has 1 aliphatic rings. The Hall–Kier alpha value is -2.22. The molecule has 1 fully saturated rings. The maximum absolute atomic E-state index is 13.0. The molecule has 7 heteroatoms. The number of β-amino-alcohol motifs (C(OH)–C–C–N with tert-alkyl or cyclic N) is 1. The van der Waals surface area contributed by atoms with Gasteiger partial charge in [-0.15, -0.1) is 0 Å². The summed E-state index contributed by atoms with van der Waals surface area (Å²) in [4.78, 5) is 4.41. The van der Waals surface area contributed by atoms with Crippen LogP contribution >= 0.6 is 0 Å². The lowest BCUT2D eigenvalue weighted by atomic mass is 10.2. The van der Waals surface area contributed by atoms with Crippen molar-refractivity contribution in [3.63, 3.8) is 0 Å². The average Bonchev–Trinajstić information content (AvgIpc) is 2.70. The molecule has 3 rings (SSSR count). The van der Waals surface area contributed by atoms with E-state index in [2.05, 4.69) is 9.80 Å². The Morgan fingerprint density at radius 2 is 1.46 bits per heavy atom. The van der Waals surface area contributed by atoms with Crippen molar-refractivity contribution in [2.45, 2.75) is 6.10 Å². The van der Waals surface area contributed by atoms with E-state index >= 15 is 0 Å². The fourth-order valence-corrected chi connectivity index (χ4v) is 3.16. The molecule has 28 heavy (non-hydrogen) atoms. The van der Waals surface area contributed by atoms with Crippen LogP contribution in [0.25, 0.3) is 0 Å². The van der Waals surface area contributed by atoms with Crippen LogP contribution in [0.3, 0.4) is 0 Å². The molecule has 5 nitrogen and oxygen atoms in total. The first-order valence-electron chi connectivity index (χ1n) is 9.47. The quantitative estimate of drug-likeness (QED) is 0.665. The number of aliphatic hydroxyl groups excluding tert-OH is 1. The molecular formula is C21H26F2N2O3. The van der Waals surface area contributed by atoms with Crippen molar-refractivity contribution in [1.82, 2.24) is 4.90 Å². The molecule has 0 radical (unpaired) electrons. The number of nitrogens with zero attached hydrogens (tertiary/aromatic N) is 2. The third-order valence-electron chi connectivity index (χ3n) is 4.65. The van der Waals surface area contributed by atoms with Gasteiger partial charge in [-0.2, -0.15) is 0 Å². The summed E-state index contributed by atoms with van der Waals surface area (Å²) >= 11 is 0. The van der Waals surface area contributed by atoms with Crippen LogP contribution in [0, 0.1) is 11.6 Å². The van der Waals surface area contributed by atoms with Gasteiger partial charge in [-0.05, 0) is 48.5 Å². The zero-order valence-corrected chi connectivity index (χ0v) is 15.8. The Kier molecular flexibility index (Phi) is 7.59. The van der Waals surface area contributed by atoms with Crippen LogP contribution in [0.5, 0.6) is 5.75 Å². The van der Waals surface area contributed by atoms with Crippen LogP contribution in [-0.4, -0.2) is 68.7 Å². The molecule has 0 unspecified atom stereocenters. The van der Waals surface area contributed by atoms with Crippen LogP contribution < -0.4 is 9.64 Å². The van der Waals surface area contributed by atoms with Gasteiger partial charge < -0.3 is 19.5 Å². The van der Waals surface area contributed by atoms with E-state index in [1.54, 1.807) is 24.3 Å². The van der Waals surface area contributed by atoms with Crippen LogP contribution in [-0.2, 0) is 4.74 Å².